The molecule has 2 heterocycles. The molecule has 0 aromatic heterocycles. The molecule has 0 saturated carbocycles. The standard InChI is InChI=1S/C32H35NO4/c1-31(2)29-25(30(35)24-14-7-9-18-28(24)36-22-11-5-4-10-21-34)15-12-16-26(29)33(3)32(31)20-19-23-13-6-8-17-27(23)37-32/h6-9,12-20,34H,4-5,10-11,21-22H2,1-3H3. The number of unbranched alkanes of at least 4 members (excludes halogenated alkanes) is 3. The Morgan fingerprint density at radius 2 is 1.65 bits per heavy atom. The van der Waals surface area contributed by atoms with Crippen LogP contribution in [0, 0.1) is 0 Å². The van der Waals surface area contributed by atoms with E-state index in [2.05, 4.69) is 37.0 Å². The Labute approximate surface area is 219 Å². The lowest BCUT2D eigenvalue weighted by Crippen LogP contribution is -2.58. The maximum Gasteiger partial charge on any atom is 0.211 e. The summed E-state index contributed by atoms with van der Waals surface area (Å²) in [6.45, 7) is 5.07. The zero-order valence-electron chi connectivity index (χ0n) is 21.9. The molecular formula is C32H35NO4. The molecule has 3 aromatic carbocycles. The summed E-state index contributed by atoms with van der Waals surface area (Å²) in [4.78, 5) is 16.2. The molecule has 5 heteroatoms. The van der Waals surface area contributed by atoms with Crippen molar-refractivity contribution in [3.63, 3.8) is 0 Å². The minimum atomic E-state index is -0.759. The van der Waals surface area contributed by atoms with E-state index in [1.807, 2.05) is 67.7 Å². The van der Waals surface area contributed by atoms with Crippen molar-refractivity contribution in [2.24, 2.45) is 0 Å². The normalized spacial score (nSPS) is 18.9. The molecule has 0 radical (unpaired) electrons. The van der Waals surface area contributed by atoms with Crippen molar-refractivity contribution in [2.45, 2.75) is 50.7 Å². The van der Waals surface area contributed by atoms with Crippen LogP contribution in [0.2, 0.25) is 0 Å². The Balaban J connectivity index is 1.47. The lowest BCUT2D eigenvalue weighted by molar-refractivity contribution is 0.0578. The van der Waals surface area contributed by atoms with Crippen molar-refractivity contribution >= 4 is 17.5 Å². The van der Waals surface area contributed by atoms with Crippen molar-refractivity contribution in [2.75, 3.05) is 25.2 Å². The number of ether oxygens (including phenoxy) is 2. The number of carbonyl (C=O) groups is 1. The van der Waals surface area contributed by atoms with E-state index in [-0.39, 0.29) is 12.4 Å². The molecule has 2 aliphatic rings. The first-order valence-electron chi connectivity index (χ1n) is 13.1. The highest BCUT2D eigenvalue weighted by atomic mass is 16.5. The van der Waals surface area contributed by atoms with Gasteiger partial charge in [0.05, 0.1) is 17.6 Å². The van der Waals surface area contributed by atoms with Crippen molar-refractivity contribution in [3.05, 3.63) is 95.1 Å². The highest BCUT2D eigenvalue weighted by Gasteiger charge is 2.58. The molecule has 1 unspecified atom stereocenters. The first kappa shape index (κ1) is 25.1. The fraction of sp³-hybridized carbons (Fsp3) is 0.344. The van der Waals surface area contributed by atoms with Crippen LogP contribution in [0.1, 0.15) is 66.6 Å². The lowest BCUT2D eigenvalue weighted by Gasteiger charge is -2.45. The van der Waals surface area contributed by atoms with Gasteiger partial charge in [-0.2, -0.15) is 0 Å². The highest BCUT2D eigenvalue weighted by molar-refractivity contribution is 6.13. The Kier molecular flexibility index (Phi) is 6.82. The van der Waals surface area contributed by atoms with Crippen molar-refractivity contribution in [1.29, 1.82) is 0 Å². The molecule has 0 bridgehead atoms. The molecule has 0 saturated heterocycles. The molecule has 1 atom stereocenters. The maximum atomic E-state index is 14.1. The number of nitrogens with zero attached hydrogens (tertiary/aromatic N) is 1. The van der Waals surface area contributed by atoms with Crippen molar-refractivity contribution in [1.82, 2.24) is 0 Å². The van der Waals surface area contributed by atoms with Gasteiger partial charge in [0.15, 0.2) is 5.78 Å². The van der Waals surface area contributed by atoms with Gasteiger partial charge in [0, 0.05) is 30.5 Å². The fourth-order valence-electron chi connectivity index (χ4n) is 5.75. The van der Waals surface area contributed by atoms with Gasteiger partial charge in [0.1, 0.15) is 11.5 Å². The minimum absolute atomic E-state index is 0.0496. The van der Waals surface area contributed by atoms with E-state index in [0.29, 0.717) is 23.5 Å². The van der Waals surface area contributed by atoms with E-state index in [1.54, 1.807) is 0 Å². The zero-order chi connectivity index (χ0) is 26.0. The quantitative estimate of drug-likeness (QED) is 0.275. The Bertz CT molecular complexity index is 1330. The number of ketones is 1. The number of anilines is 1. The van der Waals surface area contributed by atoms with Crippen LogP contribution in [0.3, 0.4) is 0 Å². The Morgan fingerprint density at radius 3 is 2.49 bits per heavy atom. The van der Waals surface area contributed by atoms with Crippen LogP contribution >= 0.6 is 0 Å². The van der Waals surface area contributed by atoms with E-state index >= 15 is 0 Å². The summed E-state index contributed by atoms with van der Waals surface area (Å²) < 4.78 is 12.8. The van der Waals surface area contributed by atoms with Gasteiger partial charge in [-0.15, -0.1) is 0 Å². The second kappa shape index (κ2) is 10.1. The van der Waals surface area contributed by atoms with Crippen LogP contribution in [0.5, 0.6) is 11.5 Å². The molecule has 37 heavy (non-hydrogen) atoms. The average molecular weight is 498 g/mol. The predicted octanol–water partition coefficient (Wildman–Crippen LogP) is 6.38. The van der Waals surface area contributed by atoms with Crippen LogP contribution < -0.4 is 14.4 Å². The molecule has 0 fully saturated rings. The molecule has 5 nitrogen and oxygen atoms in total. The second-order valence-electron chi connectivity index (χ2n) is 10.4. The van der Waals surface area contributed by atoms with E-state index in [4.69, 9.17) is 14.6 Å². The van der Waals surface area contributed by atoms with Crippen LogP contribution in [-0.4, -0.2) is 36.9 Å². The summed E-state index contributed by atoms with van der Waals surface area (Å²) in [7, 11) is 2.04. The number of benzene rings is 3. The topological polar surface area (TPSA) is 59.0 Å². The first-order chi connectivity index (χ1) is 17.9. The van der Waals surface area contributed by atoms with E-state index in [0.717, 1.165) is 48.2 Å². The number of likely N-dealkylation sites (N-methyl/N-ethyl adjacent to an activating group) is 1. The fourth-order valence-corrected chi connectivity index (χ4v) is 5.75. The summed E-state index contributed by atoms with van der Waals surface area (Å²) in [5.74, 6) is 1.39. The molecule has 3 aromatic rings. The summed E-state index contributed by atoms with van der Waals surface area (Å²) >= 11 is 0. The number of aliphatic hydroxyl groups is 1. The average Bonchev–Trinajstić information content (AvgIpc) is 3.08. The first-order valence-corrected chi connectivity index (χ1v) is 13.1. The number of fused-ring (bicyclic) bond motifs is 2. The van der Waals surface area contributed by atoms with Gasteiger partial charge < -0.3 is 19.5 Å². The zero-order valence-corrected chi connectivity index (χ0v) is 21.9. The van der Waals surface area contributed by atoms with Gasteiger partial charge in [-0.1, -0.05) is 48.9 Å². The monoisotopic (exact) mass is 497 g/mol. The largest absolute Gasteiger partial charge is 0.493 e. The maximum absolute atomic E-state index is 14.1. The summed E-state index contributed by atoms with van der Waals surface area (Å²) in [5.41, 5.74) is 2.97. The third kappa shape index (κ3) is 4.21. The number of aliphatic hydroxyl groups excluding tert-OH is 1. The van der Waals surface area contributed by atoms with Gasteiger partial charge in [-0.3, -0.25) is 4.79 Å². The van der Waals surface area contributed by atoms with Crippen molar-refractivity contribution in [3.8, 4) is 11.5 Å². The molecular weight excluding hydrogens is 462 g/mol. The van der Waals surface area contributed by atoms with Crippen LogP contribution in [0.15, 0.2) is 72.8 Å². The number of hydrogen-bond acceptors (Lipinski definition) is 5. The van der Waals surface area contributed by atoms with Crippen LogP contribution in [0.4, 0.5) is 5.69 Å². The Morgan fingerprint density at radius 1 is 0.919 bits per heavy atom. The SMILES string of the molecule is CN1c2cccc(C(=O)c3ccccc3OCCCCCCO)c2C(C)(C)C12C=Cc1ccccc1O2. The lowest BCUT2D eigenvalue weighted by atomic mass is 9.74. The molecule has 0 aliphatic carbocycles. The van der Waals surface area contributed by atoms with Gasteiger partial charge in [0.25, 0.3) is 0 Å². The third-order valence-electron chi connectivity index (χ3n) is 7.78. The Hall–Kier alpha value is -3.57. The van der Waals surface area contributed by atoms with Gasteiger partial charge in [0.2, 0.25) is 5.72 Å². The highest BCUT2D eigenvalue weighted by Crippen LogP contribution is 2.55. The number of para-hydroxylation sites is 2. The minimum Gasteiger partial charge on any atom is -0.493 e. The molecule has 1 N–H and O–H groups in total. The molecule has 5 rings (SSSR count). The molecule has 192 valence electrons. The third-order valence-corrected chi connectivity index (χ3v) is 7.78. The summed E-state index contributed by atoms with van der Waals surface area (Å²) in [6, 6.07) is 21.5. The molecule has 1 spiro atoms. The van der Waals surface area contributed by atoms with Crippen molar-refractivity contribution < 1.29 is 19.4 Å². The summed E-state index contributed by atoms with van der Waals surface area (Å²) in [6.07, 6.45) is 7.90. The van der Waals surface area contributed by atoms with Crippen LogP contribution in [0.25, 0.3) is 6.08 Å². The predicted molar refractivity (Wildman–Crippen MR) is 148 cm³/mol. The van der Waals surface area contributed by atoms with Gasteiger partial charge in [-0.25, -0.2) is 0 Å². The van der Waals surface area contributed by atoms with E-state index < -0.39 is 11.1 Å². The molecule has 2 aliphatic heterocycles. The van der Waals surface area contributed by atoms with Gasteiger partial charge >= 0.3 is 0 Å². The number of hydrogen-bond donors (Lipinski definition) is 1. The van der Waals surface area contributed by atoms with E-state index in [9.17, 15) is 4.79 Å². The number of carbonyl (C=O) groups excluding carboxylic acids is 1. The van der Waals surface area contributed by atoms with Gasteiger partial charge in [-0.05, 0) is 75.1 Å². The van der Waals surface area contributed by atoms with Crippen LogP contribution in [-0.2, 0) is 5.41 Å². The number of rotatable bonds is 9. The smallest absolute Gasteiger partial charge is 0.211 e. The molecule has 0 amide bonds. The summed E-state index contributed by atoms with van der Waals surface area (Å²) in [5, 5.41) is 8.97. The second-order valence-corrected chi connectivity index (χ2v) is 10.4. The van der Waals surface area contributed by atoms with E-state index in [1.165, 1.54) is 0 Å².